The Balaban J connectivity index is 1.92. The molecule has 0 spiro atoms. The highest BCUT2D eigenvalue weighted by molar-refractivity contribution is 4.89. The number of nitrogens with one attached hydrogen (secondary N) is 1. The van der Waals surface area contributed by atoms with Crippen LogP contribution in [-0.4, -0.2) is 25.8 Å². The van der Waals surface area contributed by atoms with Gasteiger partial charge in [-0.15, -0.1) is 0 Å². The van der Waals surface area contributed by atoms with Gasteiger partial charge in [-0.3, -0.25) is 0 Å². The molecular formula is C16H31NO. The van der Waals surface area contributed by atoms with Gasteiger partial charge in [0.05, 0.1) is 6.61 Å². The second-order valence-electron chi connectivity index (χ2n) is 7.06. The maximum atomic E-state index is 5.70. The maximum Gasteiger partial charge on any atom is 0.0509 e. The molecule has 1 N–H and O–H groups in total. The van der Waals surface area contributed by atoms with Crippen molar-refractivity contribution in [2.45, 2.75) is 65.3 Å². The molecule has 1 aliphatic carbocycles. The van der Waals surface area contributed by atoms with Gasteiger partial charge in [0.2, 0.25) is 0 Å². The molecule has 2 atom stereocenters. The summed E-state index contributed by atoms with van der Waals surface area (Å²) in [7, 11) is 0. The molecule has 1 saturated heterocycles. The van der Waals surface area contributed by atoms with Crippen molar-refractivity contribution in [1.29, 1.82) is 0 Å². The topological polar surface area (TPSA) is 21.3 Å². The molecule has 2 heteroatoms. The summed E-state index contributed by atoms with van der Waals surface area (Å²) in [5.74, 6) is 1.63. The van der Waals surface area contributed by atoms with Gasteiger partial charge in [0.15, 0.2) is 0 Å². The molecule has 0 amide bonds. The predicted molar refractivity (Wildman–Crippen MR) is 76.7 cm³/mol. The van der Waals surface area contributed by atoms with Crippen LogP contribution in [0.25, 0.3) is 0 Å². The lowest BCUT2D eigenvalue weighted by Crippen LogP contribution is -2.46. The number of hydrogen-bond donors (Lipinski definition) is 1. The van der Waals surface area contributed by atoms with Crippen molar-refractivity contribution in [3.05, 3.63) is 0 Å². The molecule has 0 radical (unpaired) electrons. The van der Waals surface area contributed by atoms with Crippen LogP contribution in [0.3, 0.4) is 0 Å². The van der Waals surface area contributed by atoms with Crippen LogP contribution in [0.15, 0.2) is 0 Å². The minimum atomic E-state index is 0.580. The summed E-state index contributed by atoms with van der Waals surface area (Å²) in [5.41, 5.74) is 0.580. The summed E-state index contributed by atoms with van der Waals surface area (Å²) in [6.07, 6.45) is 8.21. The van der Waals surface area contributed by atoms with Gasteiger partial charge in [0.25, 0.3) is 0 Å². The molecule has 2 nitrogen and oxygen atoms in total. The maximum absolute atomic E-state index is 5.70. The summed E-state index contributed by atoms with van der Waals surface area (Å²) < 4.78 is 5.70. The van der Waals surface area contributed by atoms with E-state index in [-0.39, 0.29) is 0 Å². The minimum absolute atomic E-state index is 0.580. The van der Waals surface area contributed by atoms with Gasteiger partial charge in [-0.1, -0.05) is 20.8 Å². The number of rotatable bonds is 4. The zero-order chi connectivity index (χ0) is 13.0. The molecule has 1 heterocycles. The second-order valence-corrected chi connectivity index (χ2v) is 7.06. The third-order valence-corrected chi connectivity index (χ3v) is 5.03. The summed E-state index contributed by atoms with van der Waals surface area (Å²) in [6.45, 7) is 10.2. The van der Waals surface area contributed by atoms with Gasteiger partial charge in [0, 0.05) is 12.6 Å². The smallest absolute Gasteiger partial charge is 0.0509 e. The van der Waals surface area contributed by atoms with Crippen LogP contribution in [0.4, 0.5) is 0 Å². The summed E-state index contributed by atoms with van der Waals surface area (Å²) in [4.78, 5) is 0. The molecule has 106 valence electrons. The molecule has 0 bridgehead atoms. The predicted octanol–water partition coefficient (Wildman–Crippen LogP) is 3.61. The molecule has 2 fully saturated rings. The van der Waals surface area contributed by atoms with E-state index < -0.39 is 0 Å². The molecule has 0 aromatic rings. The van der Waals surface area contributed by atoms with E-state index in [1.165, 1.54) is 38.5 Å². The van der Waals surface area contributed by atoms with Crippen LogP contribution in [0.5, 0.6) is 0 Å². The molecule has 2 unspecified atom stereocenters. The van der Waals surface area contributed by atoms with Crippen LogP contribution in [-0.2, 0) is 4.74 Å². The number of hydrogen-bond acceptors (Lipinski definition) is 2. The summed E-state index contributed by atoms with van der Waals surface area (Å²) in [6, 6.07) is 0.700. The first-order chi connectivity index (χ1) is 8.62. The van der Waals surface area contributed by atoms with Crippen LogP contribution in [0.1, 0.15) is 59.3 Å². The number of ether oxygens (including phenoxy) is 1. The largest absolute Gasteiger partial charge is 0.381 e. The van der Waals surface area contributed by atoms with Gasteiger partial charge in [-0.25, -0.2) is 0 Å². The Hall–Kier alpha value is -0.0800. The zero-order valence-electron chi connectivity index (χ0n) is 12.5. The van der Waals surface area contributed by atoms with Crippen molar-refractivity contribution < 1.29 is 4.74 Å². The third-order valence-electron chi connectivity index (χ3n) is 5.03. The standard InChI is InChI=1S/C16H31NO/c1-4-17-15(14-6-5-11-18-12-14)13-7-9-16(2,3)10-8-13/h13-15,17H,4-12H2,1-3H3. The molecule has 2 aliphatic rings. The highest BCUT2D eigenvalue weighted by atomic mass is 16.5. The average molecular weight is 253 g/mol. The van der Waals surface area contributed by atoms with E-state index in [0.29, 0.717) is 11.5 Å². The molecule has 0 aromatic heterocycles. The molecular weight excluding hydrogens is 222 g/mol. The fourth-order valence-electron chi connectivity index (χ4n) is 3.78. The molecule has 2 rings (SSSR count). The Bertz CT molecular complexity index is 235. The first kappa shape index (κ1) is 14.3. The van der Waals surface area contributed by atoms with Gasteiger partial charge in [-0.2, -0.15) is 0 Å². The molecule has 1 saturated carbocycles. The van der Waals surface area contributed by atoms with Crippen LogP contribution in [0.2, 0.25) is 0 Å². The lowest BCUT2D eigenvalue weighted by Gasteiger charge is -2.42. The Morgan fingerprint density at radius 3 is 2.44 bits per heavy atom. The molecule has 18 heavy (non-hydrogen) atoms. The van der Waals surface area contributed by atoms with E-state index in [1.54, 1.807) is 0 Å². The van der Waals surface area contributed by atoms with E-state index in [1.807, 2.05) is 0 Å². The van der Waals surface area contributed by atoms with E-state index >= 15 is 0 Å². The summed E-state index contributed by atoms with van der Waals surface area (Å²) >= 11 is 0. The molecule has 1 aliphatic heterocycles. The first-order valence-electron chi connectivity index (χ1n) is 7.93. The van der Waals surface area contributed by atoms with E-state index in [9.17, 15) is 0 Å². The van der Waals surface area contributed by atoms with Gasteiger partial charge < -0.3 is 10.1 Å². The monoisotopic (exact) mass is 253 g/mol. The van der Waals surface area contributed by atoms with Gasteiger partial charge >= 0.3 is 0 Å². The lowest BCUT2D eigenvalue weighted by molar-refractivity contribution is 0.0195. The third kappa shape index (κ3) is 3.71. The highest BCUT2D eigenvalue weighted by Crippen LogP contribution is 2.41. The fourth-order valence-corrected chi connectivity index (χ4v) is 3.78. The fraction of sp³-hybridized carbons (Fsp3) is 1.00. The Labute approximate surface area is 113 Å². The van der Waals surface area contributed by atoms with Crippen molar-refractivity contribution in [2.24, 2.45) is 17.3 Å². The average Bonchev–Trinajstić information content (AvgIpc) is 2.38. The van der Waals surface area contributed by atoms with Crippen molar-refractivity contribution in [3.8, 4) is 0 Å². The Kier molecular flexibility index (Phi) is 5.08. The van der Waals surface area contributed by atoms with E-state index in [4.69, 9.17) is 4.74 Å². The Morgan fingerprint density at radius 2 is 1.89 bits per heavy atom. The van der Waals surface area contributed by atoms with Crippen LogP contribution < -0.4 is 5.32 Å². The normalized spacial score (nSPS) is 31.2. The van der Waals surface area contributed by atoms with Crippen molar-refractivity contribution >= 4 is 0 Å². The van der Waals surface area contributed by atoms with E-state index in [2.05, 4.69) is 26.1 Å². The second kappa shape index (κ2) is 6.38. The lowest BCUT2D eigenvalue weighted by atomic mass is 9.69. The quantitative estimate of drug-likeness (QED) is 0.826. The first-order valence-corrected chi connectivity index (χ1v) is 7.93. The van der Waals surface area contributed by atoms with E-state index in [0.717, 1.165) is 31.6 Å². The minimum Gasteiger partial charge on any atom is -0.381 e. The van der Waals surface area contributed by atoms with Crippen molar-refractivity contribution in [2.75, 3.05) is 19.8 Å². The molecule has 0 aromatic carbocycles. The zero-order valence-corrected chi connectivity index (χ0v) is 12.5. The SMILES string of the molecule is CCNC(C1CCC(C)(C)CC1)C1CCCOC1. The Morgan fingerprint density at radius 1 is 1.17 bits per heavy atom. The van der Waals surface area contributed by atoms with Crippen LogP contribution >= 0.6 is 0 Å². The van der Waals surface area contributed by atoms with Gasteiger partial charge in [0.1, 0.15) is 0 Å². The summed E-state index contributed by atoms with van der Waals surface area (Å²) in [5, 5.41) is 3.77. The highest BCUT2D eigenvalue weighted by Gasteiger charge is 2.35. The van der Waals surface area contributed by atoms with Crippen molar-refractivity contribution in [1.82, 2.24) is 5.32 Å². The van der Waals surface area contributed by atoms with Gasteiger partial charge in [-0.05, 0) is 62.3 Å². The van der Waals surface area contributed by atoms with Crippen LogP contribution in [0, 0.1) is 17.3 Å². The van der Waals surface area contributed by atoms with Crippen molar-refractivity contribution in [3.63, 3.8) is 0 Å².